The fourth-order valence-electron chi connectivity index (χ4n) is 1.61. The number of pyridine rings is 1. The van der Waals surface area contributed by atoms with Crippen molar-refractivity contribution < 1.29 is 0 Å². The van der Waals surface area contributed by atoms with Crippen LogP contribution in [0.25, 0.3) is 22.6 Å². The lowest BCUT2D eigenvalue weighted by Crippen LogP contribution is -2.21. The molecule has 18 heavy (non-hydrogen) atoms. The Morgan fingerprint density at radius 2 is 1.94 bits per heavy atom. The molecule has 0 aliphatic heterocycles. The Hall–Kier alpha value is -2.22. The van der Waals surface area contributed by atoms with Crippen molar-refractivity contribution in [3.63, 3.8) is 0 Å². The molecule has 0 saturated carbocycles. The molecule has 0 unspecified atom stereocenters. The molecule has 90 valence electrons. The van der Waals surface area contributed by atoms with Crippen LogP contribution in [-0.2, 0) is 0 Å². The zero-order valence-electron chi connectivity index (χ0n) is 8.82. The molecule has 3 rings (SSSR count). The number of halogens is 1. The molecular weight excluding hydrogens is 302 g/mol. The third-order valence-electron chi connectivity index (χ3n) is 2.37. The molecule has 0 aliphatic carbocycles. The summed E-state index contributed by atoms with van der Waals surface area (Å²) in [6, 6.07) is 1.80. The minimum Gasteiger partial charge on any atom is -0.332 e. The highest BCUT2D eigenvalue weighted by molar-refractivity contribution is 9.10. The van der Waals surface area contributed by atoms with E-state index >= 15 is 0 Å². The molecule has 0 amide bonds. The largest absolute Gasteiger partial charge is 0.332 e. The van der Waals surface area contributed by atoms with Crippen LogP contribution in [0.4, 0.5) is 0 Å². The summed E-state index contributed by atoms with van der Waals surface area (Å²) in [6.45, 7) is 0. The lowest BCUT2D eigenvalue weighted by atomic mass is 10.3. The van der Waals surface area contributed by atoms with Gasteiger partial charge in [0, 0.05) is 22.4 Å². The van der Waals surface area contributed by atoms with Gasteiger partial charge in [-0.1, -0.05) is 0 Å². The van der Waals surface area contributed by atoms with Gasteiger partial charge in [0.25, 0.3) is 5.56 Å². The van der Waals surface area contributed by atoms with Crippen molar-refractivity contribution in [1.82, 2.24) is 24.9 Å². The molecule has 8 heteroatoms. The highest BCUT2D eigenvalue weighted by Gasteiger charge is 2.09. The molecule has 3 heterocycles. The van der Waals surface area contributed by atoms with Gasteiger partial charge in [0.05, 0.1) is 0 Å². The van der Waals surface area contributed by atoms with E-state index in [1.807, 2.05) is 0 Å². The Labute approximate surface area is 107 Å². The number of aromatic amines is 3. The van der Waals surface area contributed by atoms with Gasteiger partial charge < -0.3 is 4.98 Å². The summed E-state index contributed by atoms with van der Waals surface area (Å²) in [5, 5.41) is 0. The summed E-state index contributed by atoms with van der Waals surface area (Å²) >= 11 is 3.30. The minimum atomic E-state index is -0.585. The number of imidazole rings is 1. The standard InChI is InChI=1S/C10H6BrN5O2/c11-5-1-4(2-12-3-5)7-13-6-8(14-7)15-10(18)16-9(6)17/h1-3H,(H3,13,14,15,16,17,18). The second-order valence-electron chi connectivity index (χ2n) is 3.61. The molecule has 3 aromatic heterocycles. The zero-order chi connectivity index (χ0) is 12.7. The molecule has 0 spiro atoms. The summed E-state index contributed by atoms with van der Waals surface area (Å²) in [6.07, 6.45) is 3.25. The number of nitrogens with one attached hydrogen (secondary N) is 3. The van der Waals surface area contributed by atoms with E-state index in [0.717, 1.165) is 4.47 Å². The first-order valence-corrected chi connectivity index (χ1v) is 5.76. The van der Waals surface area contributed by atoms with Gasteiger partial charge in [-0.25, -0.2) is 9.78 Å². The molecule has 3 N–H and O–H groups in total. The Balaban J connectivity index is 2.29. The average molecular weight is 308 g/mol. The van der Waals surface area contributed by atoms with Crippen molar-refractivity contribution in [2.24, 2.45) is 0 Å². The van der Waals surface area contributed by atoms with Crippen molar-refractivity contribution in [2.45, 2.75) is 0 Å². The van der Waals surface area contributed by atoms with Crippen LogP contribution in [0.5, 0.6) is 0 Å². The lowest BCUT2D eigenvalue weighted by molar-refractivity contribution is 1.07. The molecule has 0 saturated heterocycles. The molecular formula is C10H6BrN5O2. The average Bonchev–Trinajstić information content (AvgIpc) is 2.73. The van der Waals surface area contributed by atoms with Crippen molar-refractivity contribution >= 4 is 27.1 Å². The second-order valence-corrected chi connectivity index (χ2v) is 4.52. The van der Waals surface area contributed by atoms with E-state index < -0.39 is 11.2 Å². The van der Waals surface area contributed by atoms with Crippen molar-refractivity contribution in [3.05, 3.63) is 43.8 Å². The first-order valence-electron chi connectivity index (χ1n) is 4.97. The second kappa shape index (κ2) is 3.91. The van der Waals surface area contributed by atoms with E-state index in [1.54, 1.807) is 18.5 Å². The van der Waals surface area contributed by atoms with E-state index in [1.165, 1.54) is 0 Å². The molecule has 3 aromatic rings. The number of hydrogen-bond acceptors (Lipinski definition) is 4. The van der Waals surface area contributed by atoms with Crippen LogP contribution in [0.1, 0.15) is 0 Å². The molecule has 0 atom stereocenters. The maximum atomic E-state index is 11.5. The molecule has 7 nitrogen and oxygen atoms in total. The van der Waals surface area contributed by atoms with Gasteiger partial charge in [-0.2, -0.15) is 0 Å². The number of nitrogens with zero attached hydrogens (tertiary/aromatic N) is 2. The van der Waals surface area contributed by atoms with Crippen LogP contribution in [0.2, 0.25) is 0 Å². The Kier molecular flexibility index (Phi) is 2.37. The van der Waals surface area contributed by atoms with Gasteiger partial charge in [0.2, 0.25) is 0 Å². The third-order valence-corrected chi connectivity index (χ3v) is 2.80. The quantitative estimate of drug-likeness (QED) is 0.617. The summed E-state index contributed by atoms with van der Waals surface area (Å²) in [5.74, 6) is 0.464. The Morgan fingerprint density at radius 1 is 1.11 bits per heavy atom. The SMILES string of the molecule is O=c1[nH]c(=O)c2[nH]c(-c3cncc(Br)c3)nc2[nH]1. The maximum absolute atomic E-state index is 11.5. The molecule has 0 aliphatic rings. The van der Waals surface area contributed by atoms with Crippen molar-refractivity contribution in [2.75, 3.05) is 0 Å². The highest BCUT2D eigenvalue weighted by atomic mass is 79.9. The molecule has 0 bridgehead atoms. The van der Waals surface area contributed by atoms with Gasteiger partial charge in [0.1, 0.15) is 11.3 Å². The van der Waals surface area contributed by atoms with E-state index in [4.69, 9.17) is 0 Å². The summed E-state index contributed by atoms with van der Waals surface area (Å²) in [5.41, 5.74) is 0.0671. The summed E-state index contributed by atoms with van der Waals surface area (Å²) in [4.78, 5) is 38.2. The van der Waals surface area contributed by atoms with Crippen LogP contribution in [0, 0.1) is 0 Å². The van der Waals surface area contributed by atoms with Crippen LogP contribution in [-0.4, -0.2) is 24.9 Å². The van der Waals surface area contributed by atoms with Crippen molar-refractivity contribution in [1.29, 1.82) is 0 Å². The fourth-order valence-corrected chi connectivity index (χ4v) is 1.98. The minimum absolute atomic E-state index is 0.221. The maximum Gasteiger partial charge on any atom is 0.327 e. The molecule has 0 aromatic carbocycles. The van der Waals surface area contributed by atoms with Gasteiger partial charge >= 0.3 is 5.69 Å². The van der Waals surface area contributed by atoms with Gasteiger partial charge in [-0.15, -0.1) is 0 Å². The molecule has 0 radical (unpaired) electrons. The number of fused-ring (bicyclic) bond motifs is 1. The highest BCUT2D eigenvalue weighted by Crippen LogP contribution is 2.19. The predicted molar refractivity (Wildman–Crippen MR) is 68.3 cm³/mol. The lowest BCUT2D eigenvalue weighted by Gasteiger charge is -1.95. The van der Waals surface area contributed by atoms with E-state index in [9.17, 15) is 9.59 Å². The van der Waals surface area contributed by atoms with E-state index in [-0.39, 0.29) is 11.2 Å². The van der Waals surface area contributed by atoms with Crippen molar-refractivity contribution in [3.8, 4) is 11.4 Å². The Bertz CT molecular complexity index is 847. The zero-order valence-corrected chi connectivity index (χ0v) is 10.4. The monoisotopic (exact) mass is 307 g/mol. The topological polar surface area (TPSA) is 107 Å². The van der Waals surface area contributed by atoms with Gasteiger partial charge in [-0.3, -0.25) is 19.7 Å². The van der Waals surface area contributed by atoms with E-state index in [2.05, 4.69) is 40.8 Å². The van der Waals surface area contributed by atoms with Gasteiger partial charge in [-0.05, 0) is 22.0 Å². The normalized spacial score (nSPS) is 10.9. The number of hydrogen-bond donors (Lipinski definition) is 3. The van der Waals surface area contributed by atoms with Crippen LogP contribution in [0.15, 0.2) is 32.5 Å². The first kappa shape index (κ1) is 10.9. The van der Waals surface area contributed by atoms with Crippen LogP contribution < -0.4 is 11.2 Å². The predicted octanol–water partition coefficient (Wildman–Crippen LogP) is 0.764. The number of aromatic nitrogens is 5. The van der Waals surface area contributed by atoms with Crippen LogP contribution in [0.3, 0.4) is 0 Å². The van der Waals surface area contributed by atoms with E-state index in [0.29, 0.717) is 11.4 Å². The fraction of sp³-hybridized carbons (Fsp3) is 0. The smallest absolute Gasteiger partial charge is 0.327 e. The Morgan fingerprint density at radius 3 is 2.72 bits per heavy atom. The number of H-pyrrole nitrogens is 3. The molecule has 0 fully saturated rings. The number of rotatable bonds is 1. The first-order chi connectivity index (χ1) is 8.63. The summed E-state index contributed by atoms with van der Waals surface area (Å²) < 4.78 is 0.794. The van der Waals surface area contributed by atoms with Crippen LogP contribution >= 0.6 is 15.9 Å². The third kappa shape index (κ3) is 1.76. The van der Waals surface area contributed by atoms with Gasteiger partial charge in [0.15, 0.2) is 5.65 Å². The summed E-state index contributed by atoms with van der Waals surface area (Å²) in [7, 11) is 0.